The first-order valence-electron chi connectivity index (χ1n) is 12.5. The molecule has 0 heterocycles. The van der Waals surface area contributed by atoms with Crippen molar-refractivity contribution in [2.45, 2.75) is 85.5 Å². The Bertz CT molecular complexity index is 845. The zero-order valence-corrected chi connectivity index (χ0v) is 19.3. The van der Waals surface area contributed by atoms with Crippen molar-refractivity contribution >= 4 is 5.78 Å². The Morgan fingerprint density at radius 1 is 0.967 bits per heavy atom. The summed E-state index contributed by atoms with van der Waals surface area (Å²) in [5.41, 5.74) is 1.97. The van der Waals surface area contributed by atoms with Crippen molar-refractivity contribution in [2.75, 3.05) is 0 Å². The number of aryl methyl sites for hydroxylation is 1. The number of hydrogen-bond donors (Lipinski definition) is 0. The van der Waals surface area contributed by atoms with Gasteiger partial charge in [-0.05, 0) is 122 Å². The van der Waals surface area contributed by atoms with Crippen molar-refractivity contribution in [1.82, 2.24) is 0 Å². The van der Waals surface area contributed by atoms with E-state index in [9.17, 15) is 9.18 Å². The molecule has 0 saturated heterocycles. The normalized spacial score (nSPS) is 45.4. The van der Waals surface area contributed by atoms with Crippen LogP contribution in [0.25, 0.3) is 0 Å². The minimum Gasteiger partial charge on any atom is -0.294 e. The highest BCUT2D eigenvalue weighted by Crippen LogP contribution is 2.68. The molecule has 2 heteroatoms. The van der Waals surface area contributed by atoms with Crippen molar-refractivity contribution in [1.29, 1.82) is 0 Å². The molecule has 1 unspecified atom stereocenters. The number of fused-ring (bicyclic) bond motifs is 5. The maximum atomic E-state index is 13.8. The lowest BCUT2D eigenvalue weighted by Gasteiger charge is -2.61. The quantitative estimate of drug-likeness (QED) is 0.458. The third-order valence-electron chi connectivity index (χ3n) is 10.7. The summed E-state index contributed by atoms with van der Waals surface area (Å²) in [4.78, 5) is 13.5. The van der Waals surface area contributed by atoms with E-state index in [2.05, 4.69) is 20.8 Å². The summed E-state index contributed by atoms with van der Waals surface area (Å²) in [5, 5.41) is 0. The summed E-state index contributed by atoms with van der Waals surface area (Å²) in [6.07, 6.45) is 11.8. The van der Waals surface area contributed by atoms with Crippen LogP contribution in [-0.2, 0) is 0 Å². The number of carbonyl (C=O) groups is 1. The minimum absolute atomic E-state index is 0.116. The monoisotopic (exact) mass is 410 g/mol. The maximum Gasteiger partial charge on any atom is 0.166 e. The fraction of sp³-hybridized carbons (Fsp3) is 0.750. The molecule has 4 aliphatic carbocycles. The van der Waals surface area contributed by atoms with E-state index in [4.69, 9.17) is 0 Å². The van der Waals surface area contributed by atoms with Crippen molar-refractivity contribution < 1.29 is 9.18 Å². The molecule has 30 heavy (non-hydrogen) atoms. The van der Waals surface area contributed by atoms with Crippen molar-refractivity contribution in [3.8, 4) is 0 Å². The van der Waals surface area contributed by atoms with E-state index in [1.165, 1.54) is 57.4 Å². The highest BCUT2D eigenvalue weighted by molar-refractivity contribution is 5.98. The van der Waals surface area contributed by atoms with E-state index in [0.717, 1.165) is 35.7 Å². The Balaban J connectivity index is 1.40. The Labute approximate surface area is 182 Å². The Kier molecular flexibility index (Phi) is 4.95. The third-order valence-corrected chi connectivity index (χ3v) is 10.7. The Hall–Kier alpha value is -1.18. The van der Waals surface area contributed by atoms with Crippen LogP contribution in [0.1, 0.15) is 94.5 Å². The van der Waals surface area contributed by atoms with E-state index in [0.29, 0.717) is 16.9 Å². The molecule has 5 rings (SSSR count). The second-order valence-corrected chi connectivity index (χ2v) is 12.0. The highest BCUT2D eigenvalue weighted by Gasteiger charge is 2.61. The van der Waals surface area contributed by atoms with Crippen LogP contribution in [-0.4, -0.2) is 5.78 Å². The van der Waals surface area contributed by atoms with E-state index in [1.807, 2.05) is 0 Å². The van der Waals surface area contributed by atoms with Crippen molar-refractivity contribution in [3.05, 3.63) is 35.1 Å². The lowest BCUT2D eigenvalue weighted by atomic mass is 9.44. The second kappa shape index (κ2) is 7.17. The molecule has 1 nitrogen and oxygen atoms in total. The van der Waals surface area contributed by atoms with Gasteiger partial charge in [-0.2, -0.15) is 0 Å². The molecule has 0 spiro atoms. The summed E-state index contributed by atoms with van der Waals surface area (Å²) in [5.74, 6) is 4.38. The summed E-state index contributed by atoms with van der Waals surface area (Å²) >= 11 is 0. The fourth-order valence-electron chi connectivity index (χ4n) is 8.90. The lowest BCUT2D eigenvalue weighted by molar-refractivity contribution is -0.114. The van der Waals surface area contributed by atoms with Gasteiger partial charge in [-0.25, -0.2) is 4.39 Å². The van der Waals surface area contributed by atoms with Crippen LogP contribution in [0.3, 0.4) is 0 Å². The van der Waals surface area contributed by atoms with E-state index in [-0.39, 0.29) is 22.9 Å². The van der Waals surface area contributed by atoms with Gasteiger partial charge in [0.25, 0.3) is 0 Å². The second-order valence-electron chi connectivity index (χ2n) is 12.0. The molecule has 1 aromatic rings. The van der Waals surface area contributed by atoms with Crippen LogP contribution in [0, 0.1) is 59.1 Å². The molecular weight excluding hydrogens is 371 g/mol. The highest BCUT2D eigenvalue weighted by atomic mass is 19.1. The van der Waals surface area contributed by atoms with Crippen LogP contribution in [0.5, 0.6) is 0 Å². The van der Waals surface area contributed by atoms with Gasteiger partial charge in [-0.15, -0.1) is 0 Å². The van der Waals surface area contributed by atoms with Crippen molar-refractivity contribution in [3.63, 3.8) is 0 Å². The molecule has 4 aliphatic rings. The molecule has 0 bridgehead atoms. The predicted molar refractivity (Wildman–Crippen MR) is 120 cm³/mol. The van der Waals surface area contributed by atoms with Gasteiger partial charge in [0.1, 0.15) is 5.82 Å². The first-order chi connectivity index (χ1) is 14.2. The van der Waals surface area contributed by atoms with E-state index < -0.39 is 0 Å². The van der Waals surface area contributed by atoms with Gasteiger partial charge in [0.2, 0.25) is 0 Å². The number of rotatable bonds is 2. The predicted octanol–water partition coefficient (Wildman–Crippen LogP) is 7.61. The number of halogens is 1. The molecule has 0 aliphatic heterocycles. The summed E-state index contributed by atoms with van der Waals surface area (Å²) in [6.45, 7) is 9.27. The zero-order chi connectivity index (χ0) is 21.3. The van der Waals surface area contributed by atoms with Crippen LogP contribution < -0.4 is 0 Å². The van der Waals surface area contributed by atoms with Crippen LogP contribution in [0.15, 0.2) is 18.2 Å². The van der Waals surface area contributed by atoms with Crippen LogP contribution in [0.4, 0.5) is 4.39 Å². The van der Waals surface area contributed by atoms with Gasteiger partial charge in [0.05, 0.1) is 0 Å². The van der Waals surface area contributed by atoms with Gasteiger partial charge in [-0.1, -0.05) is 27.2 Å². The molecule has 0 amide bonds. The SMILES string of the molecule is Cc1cc(C(=O)[C@H]2CCC3[C@@H]4CC[C@@H]5C[C@@H](C)CC[C@]5(C)[C@H]4CC[C@@]32C)ccc1F. The lowest BCUT2D eigenvalue weighted by Crippen LogP contribution is -2.53. The summed E-state index contributed by atoms with van der Waals surface area (Å²) in [7, 11) is 0. The number of benzene rings is 1. The van der Waals surface area contributed by atoms with Gasteiger partial charge < -0.3 is 0 Å². The molecule has 0 radical (unpaired) electrons. The number of ketones is 1. The Morgan fingerprint density at radius 2 is 1.70 bits per heavy atom. The molecule has 4 saturated carbocycles. The minimum atomic E-state index is -0.214. The van der Waals surface area contributed by atoms with Crippen LogP contribution in [0.2, 0.25) is 0 Å². The average molecular weight is 411 g/mol. The first-order valence-corrected chi connectivity index (χ1v) is 12.5. The van der Waals surface area contributed by atoms with Gasteiger partial charge in [0, 0.05) is 11.5 Å². The Morgan fingerprint density at radius 3 is 2.47 bits per heavy atom. The number of hydrogen-bond acceptors (Lipinski definition) is 1. The van der Waals surface area contributed by atoms with Crippen LogP contribution >= 0.6 is 0 Å². The maximum absolute atomic E-state index is 13.8. The summed E-state index contributed by atoms with van der Waals surface area (Å²) < 4.78 is 13.8. The zero-order valence-electron chi connectivity index (χ0n) is 19.3. The molecule has 0 aromatic heterocycles. The smallest absolute Gasteiger partial charge is 0.166 e. The van der Waals surface area contributed by atoms with Crippen molar-refractivity contribution in [2.24, 2.45) is 46.3 Å². The van der Waals surface area contributed by atoms with E-state index in [1.54, 1.807) is 19.1 Å². The topological polar surface area (TPSA) is 17.1 Å². The number of carbonyl (C=O) groups excluding carboxylic acids is 1. The fourth-order valence-corrected chi connectivity index (χ4v) is 8.90. The number of Topliss-reactive ketones (excluding diaryl/α,β-unsaturated/α-hetero) is 1. The molecule has 4 fully saturated rings. The molecule has 1 aromatic carbocycles. The van der Waals surface area contributed by atoms with E-state index >= 15 is 0 Å². The molecular formula is C28H39FO. The van der Waals surface area contributed by atoms with Gasteiger partial charge in [0.15, 0.2) is 5.78 Å². The summed E-state index contributed by atoms with van der Waals surface area (Å²) in [6, 6.07) is 4.96. The van der Waals surface area contributed by atoms with Gasteiger partial charge >= 0.3 is 0 Å². The first kappa shape index (κ1) is 20.7. The molecule has 8 atom stereocenters. The largest absolute Gasteiger partial charge is 0.294 e. The average Bonchev–Trinajstić information content (AvgIpc) is 3.07. The van der Waals surface area contributed by atoms with Gasteiger partial charge in [-0.3, -0.25) is 4.79 Å². The standard InChI is InChI=1S/C28H39FO/c1-17-11-13-27(3)20(15-17)6-7-21-22-8-9-24(28(22,4)14-12-23(21)27)26(30)19-5-10-25(29)18(2)16-19/h5,10,16-17,20-24H,6-9,11-15H2,1-4H3/t17-,20+,21-,22?,23-,24+,27-,28-/m0/s1. The molecule has 164 valence electrons. The molecule has 0 N–H and O–H groups in total. The third kappa shape index (κ3) is 2.95.